The summed E-state index contributed by atoms with van der Waals surface area (Å²) in [5.41, 5.74) is -0.0593. The van der Waals surface area contributed by atoms with Crippen molar-refractivity contribution in [3.63, 3.8) is 0 Å². The Labute approximate surface area is 183 Å². The second-order valence-corrected chi connectivity index (χ2v) is 11.2. The van der Waals surface area contributed by atoms with Gasteiger partial charge in [-0.15, -0.1) is 10.2 Å². The Morgan fingerprint density at radius 2 is 1.81 bits per heavy atom. The Bertz CT molecular complexity index is 906. The molecule has 3 fully saturated rings. The van der Waals surface area contributed by atoms with Crippen LogP contribution in [0, 0.1) is 11.8 Å². The van der Waals surface area contributed by atoms with Gasteiger partial charge in [0.05, 0.1) is 5.41 Å². The fourth-order valence-corrected chi connectivity index (χ4v) is 5.38. The van der Waals surface area contributed by atoms with Gasteiger partial charge in [-0.05, 0) is 78.2 Å². The van der Waals surface area contributed by atoms with Crippen molar-refractivity contribution in [1.29, 1.82) is 0 Å². The van der Waals surface area contributed by atoms with E-state index >= 15 is 0 Å². The minimum absolute atomic E-state index is 0.133. The van der Waals surface area contributed by atoms with Crippen molar-refractivity contribution < 1.29 is 14.3 Å². The van der Waals surface area contributed by atoms with Crippen molar-refractivity contribution >= 4 is 23.6 Å². The Balaban J connectivity index is 1.23. The molecule has 168 valence electrons. The van der Waals surface area contributed by atoms with Crippen LogP contribution in [-0.4, -0.2) is 57.9 Å². The molecule has 3 atom stereocenters. The van der Waals surface area contributed by atoms with Crippen LogP contribution in [-0.2, 0) is 14.9 Å². The number of rotatable bonds is 3. The van der Waals surface area contributed by atoms with E-state index in [4.69, 9.17) is 4.74 Å². The predicted octanol–water partition coefficient (Wildman–Crippen LogP) is 3.32. The van der Waals surface area contributed by atoms with Crippen LogP contribution in [0.15, 0.2) is 6.07 Å². The van der Waals surface area contributed by atoms with Gasteiger partial charge in [-0.2, -0.15) is 0 Å². The van der Waals surface area contributed by atoms with Gasteiger partial charge in [0.25, 0.3) is 0 Å². The smallest absolute Gasteiger partial charge is 0.410 e. The van der Waals surface area contributed by atoms with Gasteiger partial charge in [-0.1, -0.05) is 0 Å². The second kappa shape index (κ2) is 6.81. The molecule has 5 rings (SSSR count). The van der Waals surface area contributed by atoms with Gasteiger partial charge in [0.1, 0.15) is 11.4 Å². The lowest BCUT2D eigenvalue weighted by atomic mass is 9.87. The molecule has 1 aromatic heterocycles. The maximum atomic E-state index is 12.9. The molecule has 4 aliphatic rings. The highest BCUT2D eigenvalue weighted by Crippen LogP contribution is 2.46. The summed E-state index contributed by atoms with van der Waals surface area (Å²) in [5, 5.41) is 12.4. The number of likely N-dealkylation sites (tertiary alicyclic amines) is 1. The first-order valence-electron chi connectivity index (χ1n) is 11.5. The van der Waals surface area contributed by atoms with E-state index in [9.17, 15) is 9.59 Å². The zero-order valence-corrected chi connectivity index (χ0v) is 19.1. The summed E-state index contributed by atoms with van der Waals surface area (Å²) < 4.78 is 5.53. The summed E-state index contributed by atoms with van der Waals surface area (Å²) >= 11 is 0. The largest absolute Gasteiger partial charge is 0.444 e. The molecule has 2 saturated carbocycles. The Morgan fingerprint density at radius 1 is 1.16 bits per heavy atom. The number of ether oxygens (including phenoxy) is 1. The van der Waals surface area contributed by atoms with Crippen LogP contribution in [0.4, 0.5) is 16.4 Å². The van der Waals surface area contributed by atoms with Crippen LogP contribution in [0.1, 0.15) is 65.9 Å². The van der Waals surface area contributed by atoms with Crippen LogP contribution in [0.5, 0.6) is 0 Å². The van der Waals surface area contributed by atoms with Gasteiger partial charge in [-0.3, -0.25) is 9.69 Å². The van der Waals surface area contributed by atoms with Crippen LogP contribution in [0.2, 0.25) is 0 Å². The number of carbonyl (C=O) groups excluding carboxylic acids is 2. The van der Waals surface area contributed by atoms with Crippen molar-refractivity contribution in [2.45, 2.75) is 83.4 Å². The average Bonchev–Trinajstić information content (AvgIpc) is 3.25. The summed E-state index contributed by atoms with van der Waals surface area (Å²) in [6.45, 7) is 11.2. The van der Waals surface area contributed by atoms with Gasteiger partial charge >= 0.3 is 6.09 Å². The Hall–Kier alpha value is -2.38. The van der Waals surface area contributed by atoms with Gasteiger partial charge in [-0.25, -0.2) is 4.79 Å². The quantitative estimate of drug-likeness (QED) is 0.796. The van der Waals surface area contributed by atoms with E-state index in [0.717, 1.165) is 56.0 Å². The lowest BCUT2D eigenvalue weighted by Gasteiger charge is -2.25. The van der Waals surface area contributed by atoms with Crippen molar-refractivity contribution in [2.24, 2.45) is 11.8 Å². The molecular formula is C23H33N5O3. The zero-order chi connectivity index (χ0) is 22.1. The molecule has 8 nitrogen and oxygen atoms in total. The van der Waals surface area contributed by atoms with Gasteiger partial charge < -0.3 is 15.0 Å². The van der Waals surface area contributed by atoms with Crippen LogP contribution in [0.3, 0.4) is 0 Å². The van der Waals surface area contributed by atoms with E-state index in [0.29, 0.717) is 23.9 Å². The molecule has 3 heterocycles. The molecule has 2 aliphatic heterocycles. The Morgan fingerprint density at radius 3 is 2.39 bits per heavy atom. The molecule has 1 N–H and O–H groups in total. The molecule has 0 aromatic carbocycles. The number of anilines is 2. The van der Waals surface area contributed by atoms with Crippen molar-refractivity contribution in [3.8, 4) is 0 Å². The first kappa shape index (κ1) is 20.5. The molecular weight excluding hydrogens is 394 g/mol. The summed E-state index contributed by atoms with van der Waals surface area (Å²) in [5.74, 6) is 2.58. The first-order chi connectivity index (χ1) is 14.5. The fourth-order valence-electron chi connectivity index (χ4n) is 5.38. The fraction of sp³-hybridized carbons (Fsp3) is 0.739. The number of hydrogen-bond donors (Lipinski definition) is 1. The number of aromatic nitrogens is 2. The molecule has 2 aliphatic carbocycles. The topological polar surface area (TPSA) is 87.7 Å². The Kier molecular flexibility index (Phi) is 4.51. The lowest BCUT2D eigenvalue weighted by molar-refractivity contribution is -0.122. The summed E-state index contributed by atoms with van der Waals surface area (Å²) in [6.07, 6.45) is 3.89. The zero-order valence-electron chi connectivity index (χ0n) is 19.1. The molecule has 2 amide bonds. The summed E-state index contributed by atoms with van der Waals surface area (Å²) in [4.78, 5) is 29.0. The molecule has 0 spiro atoms. The van der Waals surface area contributed by atoms with Crippen LogP contribution < -0.4 is 10.2 Å². The molecule has 0 bridgehead atoms. The predicted molar refractivity (Wildman–Crippen MR) is 117 cm³/mol. The minimum atomic E-state index is -0.565. The number of fused-ring (bicyclic) bond motifs is 2. The van der Waals surface area contributed by atoms with Crippen molar-refractivity contribution in [2.75, 3.05) is 23.3 Å². The molecule has 1 aromatic rings. The van der Waals surface area contributed by atoms with E-state index < -0.39 is 11.0 Å². The number of nitrogens with one attached hydrogen (secondary N) is 1. The maximum absolute atomic E-state index is 12.9. The van der Waals surface area contributed by atoms with E-state index in [2.05, 4.69) is 15.5 Å². The highest BCUT2D eigenvalue weighted by Gasteiger charge is 2.50. The third-order valence-corrected chi connectivity index (χ3v) is 7.10. The van der Waals surface area contributed by atoms with E-state index in [1.165, 1.54) is 0 Å². The molecule has 8 heteroatoms. The van der Waals surface area contributed by atoms with E-state index in [-0.39, 0.29) is 12.0 Å². The minimum Gasteiger partial charge on any atom is -0.444 e. The lowest BCUT2D eigenvalue weighted by Crippen LogP contribution is -2.37. The van der Waals surface area contributed by atoms with E-state index in [1.54, 1.807) is 0 Å². The normalized spacial score (nSPS) is 29.2. The summed E-state index contributed by atoms with van der Waals surface area (Å²) in [6, 6.07) is 2.62. The number of carbonyl (C=O) groups is 2. The van der Waals surface area contributed by atoms with Crippen LogP contribution in [0.25, 0.3) is 0 Å². The highest BCUT2D eigenvalue weighted by molar-refractivity contribution is 6.07. The molecule has 0 radical (unpaired) electrons. The number of hydrogen-bond acceptors (Lipinski definition) is 6. The maximum Gasteiger partial charge on any atom is 0.410 e. The van der Waals surface area contributed by atoms with Gasteiger partial charge in [0, 0.05) is 30.7 Å². The van der Waals surface area contributed by atoms with Crippen molar-refractivity contribution in [1.82, 2.24) is 15.1 Å². The molecule has 1 unspecified atom stereocenters. The summed E-state index contributed by atoms with van der Waals surface area (Å²) in [7, 11) is 0. The van der Waals surface area contributed by atoms with Crippen LogP contribution >= 0.6 is 0 Å². The third kappa shape index (κ3) is 3.64. The second-order valence-electron chi connectivity index (χ2n) is 11.2. The monoisotopic (exact) mass is 427 g/mol. The van der Waals surface area contributed by atoms with E-state index in [1.807, 2.05) is 50.5 Å². The SMILES string of the molecule is CC(C)(C)OC(=O)N1C[C@H]2CC(Nc3cc4c(nn3)N(C3CC3)C(=O)C4(C)C)C[C@H]2C1. The van der Waals surface area contributed by atoms with Gasteiger partial charge in [0.15, 0.2) is 5.82 Å². The molecule has 31 heavy (non-hydrogen) atoms. The van der Waals surface area contributed by atoms with Crippen molar-refractivity contribution in [3.05, 3.63) is 11.6 Å². The number of amides is 2. The molecule has 1 saturated heterocycles. The van der Waals surface area contributed by atoms with Gasteiger partial charge in [0.2, 0.25) is 5.91 Å². The highest BCUT2D eigenvalue weighted by atomic mass is 16.6. The standard InChI is InChI=1S/C23H33N5O3/c1-22(2,3)31-21(30)27-11-13-8-15(9-14(13)12-27)24-18-10-17-19(26-25-18)28(16-6-7-16)20(29)23(17,4)5/h10,13-16H,6-9,11-12H2,1-5H3,(H,24,25)/t13-,14+,15?. The number of nitrogens with zero attached hydrogens (tertiary/aromatic N) is 4. The third-order valence-electron chi connectivity index (χ3n) is 7.10. The first-order valence-corrected chi connectivity index (χ1v) is 11.5. The average molecular weight is 428 g/mol.